The molecule has 0 saturated heterocycles. The van der Waals surface area contributed by atoms with Crippen LogP contribution in [0.3, 0.4) is 0 Å². The van der Waals surface area contributed by atoms with Crippen molar-refractivity contribution in [1.82, 2.24) is 0 Å². The monoisotopic (exact) mass is 418 g/mol. The minimum atomic E-state index is -0.415. The molecule has 0 saturated carbocycles. The number of rotatable bonds is 8. The van der Waals surface area contributed by atoms with Crippen LogP contribution in [0.5, 0.6) is 17.2 Å². The first-order valence-corrected chi connectivity index (χ1v) is 10.4. The van der Waals surface area contributed by atoms with E-state index in [9.17, 15) is 4.79 Å². The van der Waals surface area contributed by atoms with Gasteiger partial charge in [-0.05, 0) is 79.8 Å². The highest BCUT2D eigenvalue weighted by Gasteiger charge is 2.31. The normalized spacial score (nSPS) is 11.6. The molecule has 0 aliphatic rings. The van der Waals surface area contributed by atoms with Gasteiger partial charge in [0, 0.05) is 0 Å². The zero-order chi connectivity index (χ0) is 22.5. The molecule has 0 atom stereocenters. The number of esters is 1. The standard InChI is InChI=1S/C27H30O4/c1-26(2,21-9-7-6-8-10-21)19-27(3,4)31-24-17-15-23(16-18-24)30-25(28)20-11-13-22(29-5)14-12-20/h6-18H,19H2,1-5H3. The summed E-state index contributed by atoms with van der Waals surface area (Å²) in [4.78, 5) is 12.3. The molecule has 0 N–H and O–H groups in total. The van der Waals surface area contributed by atoms with E-state index in [1.54, 1.807) is 43.5 Å². The van der Waals surface area contributed by atoms with Crippen LogP contribution in [0.4, 0.5) is 0 Å². The average Bonchev–Trinajstić information content (AvgIpc) is 2.75. The zero-order valence-electron chi connectivity index (χ0n) is 18.8. The number of carbonyl (C=O) groups is 1. The molecule has 162 valence electrons. The topological polar surface area (TPSA) is 44.8 Å². The van der Waals surface area contributed by atoms with Crippen LogP contribution in [-0.4, -0.2) is 18.7 Å². The third kappa shape index (κ3) is 6.11. The molecule has 31 heavy (non-hydrogen) atoms. The van der Waals surface area contributed by atoms with Crippen LogP contribution in [0.25, 0.3) is 0 Å². The van der Waals surface area contributed by atoms with Crippen LogP contribution in [0.15, 0.2) is 78.9 Å². The predicted molar refractivity (Wildman–Crippen MR) is 123 cm³/mol. The minimum absolute atomic E-state index is 0.0292. The van der Waals surface area contributed by atoms with Crippen molar-refractivity contribution in [2.75, 3.05) is 7.11 Å². The van der Waals surface area contributed by atoms with E-state index in [-0.39, 0.29) is 11.0 Å². The molecular formula is C27H30O4. The Morgan fingerprint density at radius 1 is 0.742 bits per heavy atom. The maximum atomic E-state index is 12.3. The van der Waals surface area contributed by atoms with Gasteiger partial charge in [0.05, 0.1) is 12.7 Å². The summed E-state index contributed by atoms with van der Waals surface area (Å²) in [6.45, 7) is 8.65. The van der Waals surface area contributed by atoms with Gasteiger partial charge < -0.3 is 14.2 Å². The summed E-state index contributed by atoms with van der Waals surface area (Å²) in [6, 6.07) is 24.4. The summed E-state index contributed by atoms with van der Waals surface area (Å²) in [5.41, 5.74) is 1.34. The molecule has 3 aromatic carbocycles. The Bertz CT molecular complexity index is 988. The highest BCUT2D eigenvalue weighted by molar-refractivity contribution is 5.91. The van der Waals surface area contributed by atoms with Gasteiger partial charge in [-0.3, -0.25) is 0 Å². The zero-order valence-corrected chi connectivity index (χ0v) is 18.8. The van der Waals surface area contributed by atoms with Crippen molar-refractivity contribution in [2.24, 2.45) is 0 Å². The lowest BCUT2D eigenvalue weighted by atomic mass is 9.76. The van der Waals surface area contributed by atoms with Crippen molar-refractivity contribution in [2.45, 2.75) is 45.1 Å². The molecule has 0 amide bonds. The van der Waals surface area contributed by atoms with Gasteiger partial charge in [-0.15, -0.1) is 0 Å². The lowest BCUT2D eigenvalue weighted by Gasteiger charge is -2.35. The molecule has 4 heteroatoms. The second-order valence-corrected chi connectivity index (χ2v) is 8.88. The maximum Gasteiger partial charge on any atom is 0.343 e. The smallest absolute Gasteiger partial charge is 0.343 e. The molecule has 0 aliphatic heterocycles. The van der Waals surface area contributed by atoms with Gasteiger partial charge in [-0.2, -0.15) is 0 Å². The van der Waals surface area contributed by atoms with Gasteiger partial charge in [0.2, 0.25) is 0 Å². The van der Waals surface area contributed by atoms with Gasteiger partial charge in [0.1, 0.15) is 22.8 Å². The lowest BCUT2D eigenvalue weighted by Crippen LogP contribution is -2.36. The SMILES string of the molecule is COc1ccc(C(=O)Oc2ccc(OC(C)(C)CC(C)(C)c3ccccc3)cc2)cc1. The molecule has 0 bridgehead atoms. The van der Waals surface area contributed by atoms with Crippen LogP contribution >= 0.6 is 0 Å². The molecule has 0 aromatic heterocycles. The fourth-order valence-corrected chi connectivity index (χ4v) is 3.88. The number of methoxy groups -OCH3 is 1. The molecule has 0 unspecified atom stereocenters. The predicted octanol–water partition coefficient (Wildman–Crippen LogP) is 6.44. The summed E-state index contributed by atoms with van der Waals surface area (Å²) < 4.78 is 16.8. The number of carbonyl (C=O) groups excluding carboxylic acids is 1. The summed E-state index contributed by atoms with van der Waals surface area (Å²) in [5.74, 6) is 1.48. The van der Waals surface area contributed by atoms with E-state index >= 15 is 0 Å². The molecule has 0 fully saturated rings. The van der Waals surface area contributed by atoms with Gasteiger partial charge >= 0.3 is 5.97 Å². The first-order chi connectivity index (χ1) is 14.7. The Morgan fingerprint density at radius 2 is 1.29 bits per heavy atom. The highest BCUT2D eigenvalue weighted by Crippen LogP contribution is 2.35. The molecule has 0 heterocycles. The van der Waals surface area contributed by atoms with Gasteiger partial charge in [-0.1, -0.05) is 44.2 Å². The van der Waals surface area contributed by atoms with Gasteiger partial charge in [0.25, 0.3) is 0 Å². The van der Waals surface area contributed by atoms with E-state index in [2.05, 4.69) is 52.0 Å². The van der Waals surface area contributed by atoms with E-state index in [0.717, 1.165) is 12.2 Å². The van der Waals surface area contributed by atoms with Crippen molar-refractivity contribution in [3.63, 3.8) is 0 Å². The van der Waals surface area contributed by atoms with Crippen LogP contribution in [0.2, 0.25) is 0 Å². The average molecular weight is 419 g/mol. The molecule has 0 aliphatic carbocycles. The maximum absolute atomic E-state index is 12.3. The Labute approximate surface area is 184 Å². The number of benzene rings is 3. The second kappa shape index (κ2) is 9.25. The Hall–Kier alpha value is -3.27. The molecular weight excluding hydrogens is 388 g/mol. The van der Waals surface area contributed by atoms with E-state index in [0.29, 0.717) is 17.1 Å². The van der Waals surface area contributed by atoms with Crippen LogP contribution in [-0.2, 0) is 5.41 Å². The van der Waals surface area contributed by atoms with Crippen LogP contribution in [0, 0.1) is 0 Å². The van der Waals surface area contributed by atoms with Crippen molar-refractivity contribution < 1.29 is 19.0 Å². The number of hydrogen-bond acceptors (Lipinski definition) is 4. The largest absolute Gasteiger partial charge is 0.497 e. The third-order valence-electron chi connectivity index (χ3n) is 5.18. The molecule has 0 radical (unpaired) electrons. The number of hydrogen-bond donors (Lipinski definition) is 0. The van der Waals surface area contributed by atoms with E-state index in [1.807, 2.05) is 18.2 Å². The molecule has 0 spiro atoms. The van der Waals surface area contributed by atoms with E-state index < -0.39 is 5.97 Å². The van der Waals surface area contributed by atoms with Gasteiger partial charge in [-0.25, -0.2) is 4.79 Å². The molecule has 4 nitrogen and oxygen atoms in total. The Morgan fingerprint density at radius 3 is 1.87 bits per heavy atom. The Balaban J connectivity index is 1.62. The summed E-state index contributed by atoms with van der Waals surface area (Å²) in [7, 11) is 1.58. The summed E-state index contributed by atoms with van der Waals surface area (Å²) in [5, 5.41) is 0. The lowest BCUT2D eigenvalue weighted by molar-refractivity contribution is 0.0723. The molecule has 3 aromatic rings. The second-order valence-electron chi connectivity index (χ2n) is 8.88. The van der Waals surface area contributed by atoms with Crippen molar-refractivity contribution in [3.8, 4) is 17.2 Å². The fraction of sp³-hybridized carbons (Fsp3) is 0.296. The van der Waals surface area contributed by atoms with Crippen LogP contribution < -0.4 is 14.2 Å². The first kappa shape index (κ1) is 22.4. The summed E-state index contributed by atoms with van der Waals surface area (Å²) >= 11 is 0. The van der Waals surface area contributed by atoms with Crippen LogP contribution in [0.1, 0.15) is 50.0 Å². The van der Waals surface area contributed by atoms with E-state index in [4.69, 9.17) is 14.2 Å². The minimum Gasteiger partial charge on any atom is -0.497 e. The van der Waals surface area contributed by atoms with Crippen molar-refractivity contribution >= 4 is 5.97 Å². The highest BCUT2D eigenvalue weighted by atomic mass is 16.5. The fourth-order valence-electron chi connectivity index (χ4n) is 3.88. The Kier molecular flexibility index (Phi) is 6.69. The summed E-state index contributed by atoms with van der Waals surface area (Å²) in [6.07, 6.45) is 0.845. The van der Waals surface area contributed by atoms with Crippen molar-refractivity contribution in [1.29, 1.82) is 0 Å². The number of ether oxygens (including phenoxy) is 3. The van der Waals surface area contributed by atoms with Gasteiger partial charge in [0.15, 0.2) is 0 Å². The van der Waals surface area contributed by atoms with E-state index in [1.165, 1.54) is 5.56 Å². The first-order valence-electron chi connectivity index (χ1n) is 10.4. The molecule has 3 rings (SSSR count). The quantitative estimate of drug-likeness (QED) is 0.312. The van der Waals surface area contributed by atoms with Crippen molar-refractivity contribution in [3.05, 3.63) is 90.0 Å². The third-order valence-corrected chi connectivity index (χ3v) is 5.18.